The molecule has 0 aliphatic carbocycles. The van der Waals surface area contributed by atoms with Gasteiger partial charge in [-0.25, -0.2) is 8.78 Å². The summed E-state index contributed by atoms with van der Waals surface area (Å²) in [5, 5.41) is 0.720. The summed E-state index contributed by atoms with van der Waals surface area (Å²) in [5.74, 6) is 0.423. The summed E-state index contributed by atoms with van der Waals surface area (Å²) < 4.78 is 29.9. The molecule has 84 valence electrons. The highest BCUT2D eigenvalue weighted by Crippen LogP contribution is 2.28. The molecule has 0 bridgehead atoms. The number of nitrogens with zero attached hydrogens (tertiary/aromatic N) is 1. The summed E-state index contributed by atoms with van der Waals surface area (Å²) in [6.07, 6.45) is -0.941. The molecular formula is C11H8BrF2NO. The average molecular weight is 288 g/mol. The minimum absolute atomic E-state index is 0.423. The van der Waals surface area contributed by atoms with Crippen LogP contribution in [-0.2, 0) is 0 Å². The summed E-state index contributed by atoms with van der Waals surface area (Å²) in [6, 6.07) is 7.01. The van der Waals surface area contributed by atoms with E-state index in [4.69, 9.17) is 4.74 Å². The maximum atomic E-state index is 12.0. The predicted octanol–water partition coefficient (Wildman–Crippen LogP) is 3.64. The SMILES string of the molecule is FC(F)COc1ccnc2c(Br)cccc12. The van der Waals surface area contributed by atoms with Gasteiger partial charge in [0, 0.05) is 16.1 Å². The van der Waals surface area contributed by atoms with Gasteiger partial charge in [-0.05, 0) is 34.1 Å². The summed E-state index contributed by atoms with van der Waals surface area (Å²) >= 11 is 3.34. The number of benzene rings is 1. The number of aromatic nitrogens is 1. The zero-order valence-corrected chi connectivity index (χ0v) is 9.75. The number of hydrogen-bond acceptors (Lipinski definition) is 2. The van der Waals surface area contributed by atoms with Crippen LogP contribution in [0.3, 0.4) is 0 Å². The number of hydrogen-bond donors (Lipinski definition) is 0. The van der Waals surface area contributed by atoms with Gasteiger partial charge in [-0.15, -0.1) is 0 Å². The lowest BCUT2D eigenvalue weighted by atomic mass is 10.2. The molecule has 2 nitrogen and oxygen atoms in total. The third-order valence-electron chi connectivity index (χ3n) is 2.05. The average Bonchev–Trinajstić information content (AvgIpc) is 2.27. The van der Waals surface area contributed by atoms with E-state index in [1.807, 2.05) is 12.1 Å². The van der Waals surface area contributed by atoms with Crippen LogP contribution in [0, 0.1) is 0 Å². The molecule has 16 heavy (non-hydrogen) atoms. The van der Waals surface area contributed by atoms with Crippen molar-refractivity contribution in [3.63, 3.8) is 0 Å². The van der Waals surface area contributed by atoms with Gasteiger partial charge in [0.25, 0.3) is 6.43 Å². The molecule has 0 saturated heterocycles. The number of rotatable bonds is 3. The monoisotopic (exact) mass is 287 g/mol. The second-order valence-electron chi connectivity index (χ2n) is 3.15. The van der Waals surface area contributed by atoms with Gasteiger partial charge in [-0.3, -0.25) is 4.98 Å². The van der Waals surface area contributed by atoms with Crippen molar-refractivity contribution < 1.29 is 13.5 Å². The van der Waals surface area contributed by atoms with Crippen LogP contribution >= 0.6 is 15.9 Å². The Labute approximate surface area is 99.4 Å². The molecule has 0 N–H and O–H groups in total. The maximum absolute atomic E-state index is 12.0. The first-order valence-electron chi connectivity index (χ1n) is 4.62. The fraction of sp³-hybridized carbons (Fsp3) is 0.182. The molecule has 0 fully saturated rings. The van der Waals surface area contributed by atoms with Crippen molar-refractivity contribution in [1.82, 2.24) is 4.98 Å². The first kappa shape index (κ1) is 11.3. The van der Waals surface area contributed by atoms with E-state index in [1.54, 1.807) is 12.1 Å². The number of pyridine rings is 1. The van der Waals surface area contributed by atoms with E-state index in [9.17, 15) is 8.78 Å². The Morgan fingerprint density at radius 1 is 1.31 bits per heavy atom. The minimum Gasteiger partial charge on any atom is -0.487 e. The zero-order chi connectivity index (χ0) is 11.5. The fourth-order valence-corrected chi connectivity index (χ4v) is 1.86. The van der Waals surface area contributed by atoms with E-state index in [-0.39, 0.29) is 0 Å². The first-order valence-corrected chi connectivity index (χ1v) is 5.42. The van der Waals surface area contributed by atoms with Gasteiger partial charge in [-0.2, -0.15) is 0 Å². The number of halogens is 3. The molecule has 2 aromatic rings. The number of fused-ring (bicyclic) bond motifs is 1. The van der Waals surface area contributed by atoms with Gasteiger partial charge in [-0.1, -0.05) is 6.07 Å². The first-order chi connectivity index (χ1) is 7.68. The maximum Gasteiger partial charge on any atom is 0.272 e. The van der Waals surface area contributed by atoms with Crippen molar-refractivity contribution >= 4 is 26.8 Å². The third-order valence-corrected chi connectivity index (χ3v) is 2.69. The van der Waals surface area contributed by atoms with Crippen molar-refractivity contribution in [3.8, 4) is 5.75 Å². The molecular weight excluding hydrogens is 280 g/mol. The van der Waals surface area contributed by atoms with E-state index in [2.05, 4.69) is 20.9 Å². The highest BCUT2D eigenvalue weighted by Gasteiger charge is 2.08. The van der Waals surface area contributed by atoms with Gasteiger partial charge in [0.05, 0.1) is 5.52 Å². The zero-order valence-electron chi connectivity index (χ0n) is 8.16. The highest BCUT2D eigenvalue weighted by atomic mass is 79.9. The van der Waals surface area contributed by atoms with Crippen LogP contribution in [-0.4, -0.2) is 18.0 Å². The van der Waals surface area contributed by atoms with Crippen molar-refractivity contribution in [1.29, 1.82) is 0 Å². The quantitative estimate of drug-likeness (QED) is 0.860. The Balaban J connectivity index is 2.42. The lowest BCUT2D eigenvalue weighted by Gasteiger charge is -2.08. The lowest BCUT2D eigenvalue weighted by Crippen LogP contribution is -2.07. The highest BCUT2D eigenvalue weighted by molar-refractivity contribution is 9.10. The lowest BCUT2D eigenvalue weighted by molar-refractivity contribution is 0.0826. The topological polar surface area (TPSA) is 22.1 Å². The fourth-order valence-electron chi connectivity index (χ4n) is 1.39. The van der Waals surface area contributed by atoms with Crippen molar-refractivity contribution in [2.75, 3.05) is 6.61 Å². The van der Waals surface area contributed by atoms with Crippen molar-refractivity contribution in [3.05, 3.63) is 34.9 Å². The molecule has 1 aromatic carbocycles. The van der Waals surface area contributed by atoms with Crippen LogP contribution in [0.15, 0.2) is 34.9 Å². The van der Waals surface area contributed by atoms with E-state index in [1.165, 1.54) is 6.20 Å². The summed E-state index contributed by atoms with van der Waals surface area (Å²) in [4.78, 5) is 4.15. The molecule has 0 atom stereocenters. The number of alkyl halides is 2. The Morgan fingerprint density at radius 2 is 2.12 bits per heavy atom. The smallest absolute Gasteiger partial charge is 0.272 e. The van der Waals surface area contributed by atoms with E-state index >= 15 is 0 Å². The minimum atomic E-state index is -2.48. The molecule has 0 radical (unpaired) electrons. The Bertz CT molecular complexity index is 504. The number of para-hydroxylation sites is 1. The number of ether oxygens (including phenoxy) is 1. The van der Waals surface area contributed by atoms with E-state index < -0.39 is 13.0 Å². The van der Waals surface area contributed by atoms with Crippen LogP contribution < -0.4 is 4.74 Å². The third kappa shape index (κ3) is 2.29. The van der Waals surface area contributed by atoms with Crippen LogP contribution in [0.1, 0.15) is 0 Å². The Hall–Kier alpha value is -1.23. The normalized spacial score (nSPS) is 11.0. The largest absolute Gasteiger partial charge is 0.487 e. The molecule has 0 aliphatic heterocycles. The van der Waals surface area contributed by atoms with Gasteiger partial charge in [0.15, 0.2) is 0 Å². The van der Waals surface area contributed by atoms with Crippen LogP contribution in [0.5, 0.6) is 5.75 Å². The van der Waals surface area contributed by atoms with Gasteiger partial charge in [0.1, 0.15) is 12.4 Å². The van der Waals surface area contributed by atoms with Crippen molar-refractivity contribution in [2.24, 2.45) is 0 Å². The molecule has 5 heteroatoms. The van der Waals surface area contributed by atoms with Crippen molar-refractivity contribution in [2.45, 2.75) is 6.43 Å². The standard InChI is InChI=1S/C11H8BrF2NO/c12-8-3-1-2-7-9(16-6-10(13)14)4-5-15-11(7)8/h1-5,10H,6H2. The van der Waals surface area contributed by atoms with Crippen LogP contribution in [0.25, 0.3) is 10.9 Å². The van der Waals surface area contributed by atoms with E-state index in [0.717, 1.165) is 9.86 Å². The summed E-state index contributed by atoms with van der Waals surface area (Å²) in [6.45, 7) is -0.606. The molecule has 1 aromatic heterocycles. The molecule has 2 rings (SSSR count). The van der Waals surface area contributed by atoms with Gasteiger partial charge >= 0.3 is 0 Å². The van der Waals surface area contributed by atoms with Crippen LogP contribution in [0.4, 0.5) is 8.78 Å². The second-order valence-corrected chi connectivity index (χ2v) is 4.00. The molecule has 0 saturated carbocycles. The Kier molecular flexibility index (Phi) is 3.33. The molecule has 0 amide bonds. The van der Waals surface area contributed by atoms with E-state index in [0.29, 0.717) is 11.3 Å². The second kappa shape index (κ2) is 4.74. The van der Waals surface area contributed by atoms with Gasteiger partial charge in [0.2, 0.25) is 0 Å². The molecule has 0 unspecified atom stereocenters. The summed E-state index contributed by atoms with van der Waals surface area (Å²) in [5.41, 5.74) is 0.703. The Morgan fingerprint density at radius 3 is 2.88 bits per heavy atom. The van der Waals surface area contributed by atoms with Gasteiger partial charge < -0.3 is 4.74 Å². The molecule has 0 aliphatic rings. The molecule has 0 spiro atoms. The predicted molar refractivity (Wildman–Crippen MR) is 60.9 cm³/mol. The van der Waals surface area contributed by atoms with Crippen LogP contribution in [0.2, 0.25) is 0 Å². The summed E-state index contributed by atoms with van der Waals surface area (Å²) in [7, 11) is 0. The molecule has 1 heterocycles.